The van der Waals surface area contributed by atoms with Gasteiger partial charge >= 0.3 is 6.18 Å². The first-order valence-corrected chi connectivity index (χ1v) is 7.41. The molecule has 0 atom stereocenters. The zero-order valence-electron chi connectivity index (χ0n) is 12.0. The van der Waals surface area contributed by atoms with E-state index in [1.54, 1.807) is 11.0 Å². The molecule has 1 aromatic carbocycles. The third-order valence-electron chi connectivity index (χ3n) is 3.82. The Hall–Kier alpha value is -1.52. The van der Waals surface area contributed by atoms with Crippen molar-refractivity contribution in [1.82, 2.24) is 4.90 Å². The van der Waals surface area contributed by atoms with E-state index in [1.807, 2.05) is 0 Å². The number of likely N-dealkylation sites (tertiary alicyclic amines) is 1. The topological polar surface area (TPSA) is 20.3 Å². The number of halogens is 3. The van der Waals surface area contributed by atoms with Crippen LogP contribution in [0.25, 0.3) is 0 Å². The number of carbonyl (C=O) groups excluding carboxylic acids is 1. The van der Waals surface area contributed by atoms with Crippen LogP contribution in [0.5, 0.6) is 0 Å². The largest absolute Gasteiger partial charge is 0.416 e. The molecule has 0 unspecified atom stereocenters. The van der Waals surface area contributed by atoms with Gasteiger partial charge in [-0.3, -0.25) is 4.79 Å². The lowest BCUT2D eigenvalue weighted by atomic mass is 10.1. The standard InChI is InChI=1S/C16H20F3NO/c17-16(18,19)14-8-6-7-13(11-14)12-15(21)20-9-4-2-1-3-5-10-20/h6-8,11H,1-5,9-10,12H2. The van der Waals surface area contributed by atoms with Crippen LogP contribution in [0.4, 0.5) is 13.2 Å². The van der Waals surface area contributed by atoms with Crippen molar-refractivity contribution in [2.75, 3.05) is 13.1 Å². The molecule has 1 aliphatic heterocycles. The summed E-state index contributed by atoms with van der Waals surface area (Å²) in [6.07, 6.45) is 1.09. The molecule has 0 bridgehead atoms. The predicted octanol–water partition coefficient (Wildman–Crippen LogP) is 4.04. The van der Waals surface area contributed by atoms with Crippen molar-refractivity contribution in [2.45, 2.75) is 44.7 Å². The highest BCUT2D eigenvalue weighted by Crippen LogP contribution is 2.29. The Morgan fingerprint density at radius 2 is 1.67 bits per heavy atom. The van der Waals surface area contributed by atoms with Crippen LogP contribution < -0.4 is 0 Å². The van der Waals surface area contributed by atoms with Gasteiger partial charge in [-0.2, -0.15) is 13.2 Å². The van der Waals surface area contributed by atoms with Crippen molar-refractivity contribution in [3.05, 3.63) is 35.4 Å². The van der Waals surface area contributed by atoms with Crippen LogP contribution >= 0.6 is 0 Å². The average molecular weight is 299 g/mol. The summed E-state index contributed by atoms with van der Waals surface area (Å²) in [4.78, 5) is 14.0. The second-order valence-electron chi connectivity index (χ2n) is 5.52. The van der Waals surface area contributed by atoms with Crippen LogP contribution in [0.1, 0.15) is 43.2 Å². The van der Waals surface area contributed by atoms with Crippen LogP contribution in [0.2, 0.25) is 0 Å². The maximum Gasteiger partial charge on any atom is 0.416 e. The van der Waals surface area contributed by atoms with E-state index >= 15 is 0 Å². The summed E-state index contributed by atoms with van der Waals surface area (Å²) in [6.45, 7) is 1.44. The highest BCUT2D eigenvalue weighted by molar-refractivity contribution is 5.78. The Bertz CT molecular complexity index is 477. The highest BCUT2D eigenvalue weighted by atomic mass is 19.4. The molecule has 2 rings (SSSR count). The summed E-state index contributed by atoms with van der Waals surface area (Å²) in [5, 5.41) is 0. The molecule has 0 radical (unpaired) electrons. The monoisotopic (exact) mass is 299 g/mol. The molecular formula is C16H20F3NO. The van der Waals surface area contributed by atoms with Crippen LogP contribution in [0.15, 0.2) is 24.3 Å². The smallest absolute Gasteiger partial charge is 0.342 e. The van der Waals surface area contributed by atoms with Crippen molar-refractivity contribution >= 4 is 5.91 Å². The van der Waals surface area contributed by atoms with Gasteiger partial charge in [-0.15, -0.1) is 0 Å². The lowest BCUT2D eigenvalue weighted by molar-refractivity contribution is -0.138. The normalized spacial score (nSPS) is 17.2. The minimum atomic E-state index is -4.36. The zero-order chi connectivity index (χ0) is 15.3. The molecule has 0 aromatic heterocycles. The van der Waals surface area contributed by atoms with Crippen molar-refractivity contribution in [1.29, 1.82) is 0 Å². The van der Waals surface area contributed by atoms with Crippen LogP contribution in [-0.2, 0) is 17.4 Å². The molecule has 1 saturated heterocycles. The highest BCUT2D eigenvalue weighted by Gasteiger charge is 2.30. The van der Waals surface area contributed by atoms with E-state index < -0.39 is 11.7 Å². The Morgan fingerprint density at radius 3 is 2.29 bits per heavy atom. The van der Waals surface area contributed by atoms with Gasteiger partial charge in [0.05, 0.1) is 12.0 Å². The van der Waals surface area contributed by atoms with Gasteiger partial charge in [0, 0.05) is 13.1 Å². The first-order chi connectivity index (χ1) is 9.97. The maximum atomic E-state index is 12.7. The van der Waals surface area contributed by atoms with Gasteiger partial charge in [0.1, 0.15) is 0 Å². The quantitative estimate of drug-likeness (QED) is 0.807. The molecular weight excluding hydrogens is 279 g/mol. The van der Waals surface area contributed by atoms with E-state index in [4.69, 9.17) is 0 Å². The summed E-state index contributed by atoms with van der Waals surface area (Å²) >= 11 is 0. The SMILES string of the molecule is O=C(Cc1cccc(C(F)(F)F)c1)N1CCCCCCC1. The van der Waals surface area contributed by atoms with Gasteiger partial charge in [0.2, 0.25) is 5.91 Å². The van der Waals surface area contributed by atoms with Gasteiger partial charge in [-0.1, -0.05) is 37.5 Å². The molecule has 0 spiro atoms. The van der Waals surface area contributed by atoms with Crippen molar-refractivity contribution in [3.8, 4) is 0 Å². The van der Waals surface area contributed by atoms with Gasteiger partial charge in [0.15, 0.2) is 0 Å². The number of rotatable bonds is 2. The summed E-state index contributed by atoms with van der Waals surface area (Å²) in [5.41, 5.74) is -0.266. The maximum absolute atomic E-state index is 12.7. The Balaban J connectivity index is 2.01. The first-order valence-electron chi connectivity index (χ1n) is 7.41. The molecule has 0 saturated carbocycles. The fourth-order valence-electron chi connectivity index (χ4n) is 2.64. The van der Waals surface area contributed by atoms with Crippen LogP contribution in [-0.4, -0.2) is 23.9 Å². The fourth-order valence-corrected chi connectivity index (χ4v) is 2.64. The molecule has 0 N–H and O–H groups in total. The van der Waals surface area contributed by atoms with Crippen molar-refractivity contribution in [2.24, 2.45) is 0 Å². The van der Waals surface area contributed by atoms with E-state index in [9.17, 15) is 18.0 Å². The van der Waals surface area contributed by atoms with E-state index in [1.165, 1.54) is 12.5 Å². The second kappa shape index (κ2) is 6.96. The summed E-state index contributed by atoms with van der Waals surface area (Å²) in [6, 6.07) is 5.04. The van der Waals surface area contributed by atoms with E-state index in [0.717, 1.165) is 50.9 Å². The van der Waals surface area contributed by atoms with E-state index in [0.29, 0.717) is 5.56 Å². The number of hydrogen-bond acceptors (Lipinski definition) is 1. The minimum absolute atomic E-state index is 0.0456. The van der Waals surface area contributed by atoms with Gasteiger partial charge in [-0.25, -0.2) is 0 Å². The summed E-state index contributed by atoms with van der Waals surface area (Å²) < 4.78 is 38.0. The predicted molar refractivity (Wildman–Crippen MR) is 74.8 cm³/mol. The summed E-state index contributed by atoms with van der Waals surface area (Å²) in [5.74, 6) is -0.0729. The number of nitrogens with zero attached hydrogens (tertiary/aromatic N) is 1. The molecule has 5 heteroatoms. The van der Waals surface area contributed by atoms with Crippen LogP contribution in [0.3, 0.4) is 0 Å². The molecule has 0 aliphatic carbocycles. The first kappa shape index (κ1) is 15.9. The molecule has 21 heavy (non-hydrogen) atoms. The number of hydrogen-bond donors (Lipinski definition) is 0. The van der Waals surface area contributed by atoms with E-state index in [2.05, 4.69) is 0 Å². The number of alkyl halides is 3. The number of amides is 1. The third kappa shape index (κ3) is 4.76. The van der Waals surface area contributed by atoms with Crippen LogP contribution in [0, 0.1) is 0 Å². The second-order valence-corrected chi connectivity index (χ2v) is 5.52. The summed E-state index contributed by atoms with van der Waals surface area (Å²) in [7, 11) is 0. The minimum Gasteiger partial charge on any atom is -0.342 e. The molecule has 1 aromatic rings. The molecule has 2 nitrogen and oxygen atoms in total. The fraction of sp³-hybridized carbons (Fsp3) is 0.562. The lowest BCUT2D eigenvalue weighted by Gasteiger charge is -2.25. The lowest BCUT2D eigenvalue weighted by Crippen LogP contribution is -2.34. The zero-order valence-corrected chi connectivity index (χ0v) is 12.0. The molecule has 1 amide bonds. The molecule has 1 heterocycles. The number of benzene rings is 1. The Morgan fingerprint density at radius 1 is 1.05 bits per heavy atom. The van der Waals surface area contributed by atoms with Gasteiger partial charge in [-0.05, 0) is 24.5 Å². The van der Waals surface area contributed by atoms with Crippen molar-refractivity contribution < 1.29 is 18.0 Å². The third-order valence-corrected chi connectivity index (χ3v) is 3.82. The Kier molecular flexibility index (Phi) is 5.26. The van der Waals surface area contributed by atoms with Gasteiger partial charge in [0.25, 0.3) is 0 Å². The van der Waals surface area contributed by atoms with Gasteiger partial charge < -0.3 is 4.90 Å². The average Bonchev–Trinajstić information content (AvgIpc) is 2.37. The Labute approximate surface area is 122 Å². The molecule has 116 valence electrons. The van der Waals surface area contributed by atoms with Crippen molar-refractivity contribution in [3.63, 3.8) is 0 Å². The molecule has 1 fully saturated rings. The number of carbonyl (C=O) groups is 1. The molecule has 1 aliphatic rings. The van der Waals surface area contributed by atoms with E-state index in [-0.39, 0.29) is 12.3 Å².